The van der Waals surface area contributed by atoms with Gasteiger partial charge in [0.25, 0.3) is 0 Å². The number of nitrogens with one attached hydrogen (secondary N) is 1. The highest BCUT2D eigenvalue weighted by Crippen LogP contribution is 2.25. The molecule has 1 aromatic carbocycles. The van der Waals surface area contributed by atoms with Gasteiger partial charge in [0.15, 0.2) is 0 Å². The van der Waals surface area contributed by atoms with Crippen LogP contribution in [0.3, 0.4) is 0 Å². The van der Waals surface area contributed by atoms with Crippen LogP contribution >= 0.6 is 0 Å². The molecule has 0 saturated carbocycles. The van der Waals surface area contributed by atoms with Gasteiger partial charge < -0.3 is 5.32 Å². The van der Waals surface area contributed by atoms with Crippen molar-refractivity contribution in [1.29, 1.82) is 0 Å². The molecular formula is C17H18N4. The molecule has 0 fully saturated rings. The molecule has 4 heteroatoms. The zero-order chi connectivity index (χ0) is 14.5. The summed E-state index contributed by atoms with van der Waals surface area (Å²) in [7, 11) is 0. The molecule has 0 bridgehead atoms. The topological polar surface area (TPSA) is 50.7 Å². The molecule has 106 valence electrons. The van der Waals surface area contributed by atoms with Crippen molar-refractivity contribution in [2.45, 2.75) is 19.4 Å². The summed E-state index contributed by atoms with van der Waals surface area (Å²) in [5, 5.41) is 4.66. The molecular weight excluding hydrogens is 260 g/mol. The third kappa shape index (κ3) is 2.90. The predicted octanol–water partition coefficient (Wildman–Crippen LogP) is 3.11. The molecule has 3 rings (SSSR count). The number of hydrogen-bond donors (Lipinski definition) is 1. The Bertz CT molecular complexity index is 707. The average Bonchev–Trinajstić information content (AvgIpc) is 2.56. The first-order valence-electron chi connectivity index (χ1n) is 7.24. The fourth-order valence-electron chi connectivity index (χ4n) is 2.45. The summed E-state index contributed by atoms with van der Waals surface area (Å²) in [6.45, 7) is 3.06. The van der Waals surface area contributed by atoms with Gasteiger partial charge in [-0.3, -0.25) is 4.98 Å². The van der Waals surface area contributed by atoms with Crippen LogP contribution in [0.25, 0.3) is 10.9 Å². The second-order valence-electron chi connectivity index (χ2n) is 4.92. The van der Waals surface area contributed by atoms with Gasteiger partial charge in [0.2, 0.25) is 0 Å². The monoisotopic (exact) mass is 278 g/mol. The lowest BCUT2D eigenvalue weighted by Crippen LogP contribution is -2.25. The SMILES string of the molecule is CCCNC(c1ncccn1)c1cccc2cccnc12. The fraction of sp³-hybridized carbons (Fsp3) is 0.235. The zero-order valence-electron chi connectivity index (χ0n) is 12.0. The van der Waals surface area contributed by atoms with E-state index in [4.69, 9.17) is 0 Å². The standard InChI is InChI=1S/C17H18N4/c1-2-9-18-16(17-20-11-5-12-21-17)14-8-3-6-13-7-4-10-19-15(13)14/h3-8,10-12,16,18H,2,9H2,1H3. The minimum Gasteiger partial charge on any atom is -0.304 e. The van der Waals surface area contributed by atoms with E-state index in [0.717, 1.165) is 35.3 Å². The van der Waals surface area contributed by atoms with Crippen molar-refractivity contribution in [1.82, 2.24) is 20.3 Å². The van der Waals surface area contributed by atoms with Gasteiger partial charge >= 0.3 is 0 Å². The number of hydrogen-bond acceptors (Lipinski definition) is 4. The molecule has 0 radical (unpaired) electrons. The highest BCUT2D eigenvalue weighted by atomic mass is 15.0. The first-order chi connectivity index (χ1) is 10.4. The largest absolute Gasteiger partial charge is 0.304 e. The molecule has 0 aliphatic heterocycles. The third-order valence-electron chi connectivity index (χ3n) is 3.42. The van der Waals surface area contributed by atoms with Gasteiger partial charge in [-0.2, -0.15) is 0 Å². The van der Waals surface area contributed by atoms with Gasteiger partial charge in [-0.1, -0.05) is 31.2 Å². The van der Waals surface area contributed by atoms with Crippen LogP contribution in [0, 0.1) is 0 Å². The van der Waals surface area contributed by atoms with Crippen LogP contribution in [0.1, 0.15) is 30.8 Å². The van der Waals surface area contributed by atoms with E-state index in [9.17, 15) is 0 Å². The molecule has 1 unspecified atom stereocenters. The Morgan fingerprint density at radius 2 is 1.71 bits per heavy atom. The van der Waals surface area contributed by atoms with Crippen molar-refractivity contribution in [3.8, 4) is 0 Å². The van der Waals surface area contributed by atoms with Crippen LogP contribution < -0.4 is 5.32 Å². The summed E-state index contributed by atoms with van der Waals surface area (Å²) in [6.07, 6.45) is 6.44. The Labute approximate surface area is 124 Å². The molecule has 21 heavy (non-hydrogen) atoms. The summed E-state index contributed by atoms with van der Waals surface area (Å²) >= 11 is 0. The van der Waals surface area contributed by atoms with E-state index in [-0.39, 0.29) is 6.04 Å². The molecule has 4 nitrogen and oxygen atoms in total. The second-order valence-corrected chi connectivity index (χ2v) is 4.92. The minimum absolute atomic E-state index is 0.0373. The van der Waals surface area contributed by atoms with Crippen LogP contribution in [-0.4, -0.2) is 21.5 Å². The summed E-state index contributed by atoms with van der Waals surface area (Å²) in [4.78, 5) is 13.4. The zero-order valence-corrected chi connectivity index (χ0v) is 12.0. The van der Waals surface area contributed by atoms with Crippen LogP contribution in [-0.2, 0) is 0 Å². The van der Waals surface area contributed by atoms with Crippen molar-refractivity contribution >= 4 is 10.9 Å². The fourth-order valence-corrected chi connectivity index (χ4v) is 2.45. The van der Waals surface area contributed by atoms with Crippen LogP contribution in [0.4, 0.5) is 0 Å². The van der Waals surface area contributed by atoms with E-state index >= 15 is 0 Å². The van der Waals surface area contributed by atoms with Crippen LogP contribution in [0.2, 0.25) is 0 Å². The Morgan fingerprint density at radius 3 is 2.52 bits per heavy atom. The molecule has 0 spiro atoms. The molecule has 0 saturated heterocycles. The van der Waals surface area contributed by atoms with E-state index in [1.165, 1.54) is 0 Å². The molecule has 0 aliphatic carbocycles. The maximum atomic E-state index is 4.54. The molecule has 2 aromatic heterocycles. The maximum absolute atomic E-state index is 4.54. The number of nitrogens with zero attached hydrogens (tertiary/aromatic N) is 3. The predicted molar refractivity (Wildman–Crippen MR) is 83.9 cm³/mol. The summed E-state index contributed by atoms with van der Waals surface area (Å²) in [6, 6.07) is 12.1. The molecule has 0 aliphatic rings. The molecule has 3 aromatic rings. The van der Waals surface area contributed by atoms with Crippen LogP contribution in [0.5, 0.6) is 0 Å². The van der Waals surface area contributed by atoms with Gasteiger partial charge in [0.1, 0.15) is 5.82 Å². The van der Waals surface area contributed by atoms with E-state index in [0.29, 0.717) is 0 Å². The van der Waals surface area contributed by atoms with E-state index in [1.54, 1.807) is 12.4 Å². The number of benzene rings is 1. The minimum atomic E-state index is -0.0373. The van der Waals surface area contributed by atoms with E-state index in [2.05, 4.69) is 51.5 Å². The quantitative estimate of drug-likeness (QED) is 0.779. The Morgan fingerprint density at radius 1 is 0.952 bits per heavy atom. The normalized spacial score (nSPS) is 12.4. The lowest BCUT2D eigenvalue weighted by molar-refractivity contribution is 0.574. The molecule has 1 N–H and O–H groups in total. The van der Waals surface area contributed by atoms with Crippen molar-refractivity contribution in [2.24, 2.45) is 0 Å². The highest BCUT2D eigenvalue weighted by molar-refractivity contribution is 5.82. The van der Waals surface area contributed by atoms with Gasteiger partial charge in [0, 0.05) is 29.5 Å². The number of fused-ring (bicyclic) bond motifs is 1. The summed E-state index contributed by atoms with van der Waals surface area (Å²) < 4.78 is 0. The smallest absolute Gasteiger partial charge is 0.149 e. The number of para-hydroxylation sites is 1. The molecule has 2 heterocycles. The maximum Gasteiger partial charge on any atom is 0.149 e. The van der Waals surface area contributed by atoms with Crippen LogP contribution in [0.15, 0.2) is 55.0 Å². The Balaban J connectivity index is 2.10. The third-order valence-corrected chi connectivity index (χ3v) is 3.42. The van der Waals surface area contributed by atoms with Crippen molar-refractivity contribution in [3.63, 3.8) is 0 Å². The summed E-state index contributed by atoms with van der Waals surface area (Å²) in [5.41, 5.74) is 2.12. The van der Waals surface area contributed by atoms with Gasteiger partial charge in [-0.25, -0.2) is 9.97 Å². The average molecular weight is 278 g/mol. The Kier molecular flexibility index (Phi) is 4.17. The van der Waals surface area contributed by atoms with Crippen molar-refractivity contribution < 1.29 is 0 Å². The van der Waals surface area contributed by atoms with Crippen molar-refractivity contribution in [2.75, 3.05) is 6.54 Å². The van der Waals surface area contributed by atoms with E-state index < -0.39 is 0 Å². The first kappa shape index (κ1) is 13.6. The number of aromatic nitrogens is 3. The second kappa shape index (κ2) is 6.41. The lowest BCUT2D eigenvalue weighted by atomic mass is 10.0. The first-order valence-corrected chi connectivity index (χ1v) is 7.24. The highest BCUT2D eigenvalue weighted by Gasteiger charge is 2.18. The Hall–Kier alpha value is -2.33. The molecule has 1 atom stereocenters. The van der Waals surface area contributed by atoms with Crippen molar-refractivity contribution in [3.05, 3.63) is 66.4 Å². The lowest BCUT2D eigenvalue weighted by Gasteiger charge is -2.18. The van der Waals surface area contributed by atoms with Gasteiger partial charge in [-0.05, 0) is 25.1 Å². The number of rotatable bonds is 5. The van der Waals surface area contributed by atoms with E-state index in [1.807, 2.05) is 18.3 Å². The number of pyridine rings is 1. The van der Waals surface area contributed by atoms with Gasteiger partial charge in [0.05, 0.1) is 11.6 Å². The van der Waals surface area contributed by atoms with Gasteiger partial charge in [-0.15, -0.1) is 0 Å². The molecule has 0 amide bonds. The summed E-state index contributed by atoms with van der Waals surface area (Å²) in [5.74, 6) is 0.782.